The molecule has 1 nitrogen and oxygen atoms in total. The van der Waals surface area contributed by atoms with Gasteiger partial charge in [-0.05, 0) is 47.1 Å². The summed E-state index contributed by atoms with van der Waals surface area (Å²) in [4.78, 5) is 0. The number of rotatable bonds is 1. The van der Waals surface area contributed by atoms with Crippen molar-refractivity contribution in [2.45, 2.75) is 31.8 Å². The minimum atomic E-state index is -0.292. The van der Waals surface area contributed by atoms with Crippen LogP contribution in [0, 0.1) is 0 Å². The van der Waals surface area contributed by atoms with Crippen LogP contribution in [0.3, 0.4) is 0 Å². The number of aliphatic hydroxyl groups excluding tert-OH is 1. The molecule has 0 heterocycles. The molecule has 18 heavy (non-hydrogen) atoms. The fraction of sp³-hybridized carbons (Fsp3) is 0.294. The molecule has 0 radical (unpaired) electrons. The lowest BCUT2D eigenvalue weighted by atomic mass is 9.81. The Morgan fingerprint density at radius 3 is 2.44 bits per heavy atom. The van der Waals surface area contributed by atoms with Gasteiger partial charge in [0.25, 0.3) is 0 Å². The normalized spacial score (nSPS) is 22.6. The van der Waals surface area contributed by atoms with Crippen molar-refractivity contribution in [2.75, 3.05) is 0 Å². The summed E-state index contributed by atoms with van der Waals surface area (Å²) in [6, 6.07) is 16.9. The second-order valence-corrected chi connectivity index (χ2v) is 5.20. The molecule has 0 saturated heterocycles. The molecule has 0 bridgehead atoms. The van der Waals surface area contributed by atoms with Crippen LogP contribution >= 0.6 is 0 Å². The van der Waals surface area contributed by atoms with Gasteiger partial charge in [0.15, 0.2) is 0 Å². The molecule has 1 N–H and O–H groups in total. The van der Waals surface area contributed by atoms with Crippen LogP contribution in [0.1, 0.15) is 42.9 Å². The number of benzene rings is 2. The Morgan fingerprint density at radius 2 is 1.67 bits per heavy atom. The zero-order valence-electron chi connectivity index (χ0n) is 10.6. The van der Waals surface area contributed by atoms with Crippen molar-refractivity contribution in [3.05, 3.63) is 59.7 Å². The molecule has 0 amide bonds. The first-order valence-corrected chi connectivity index (χ1v) is 6.63. The van der Waals surface area contributed by atoms with Crippen molar-refractivity contribution in [3.63, 3.8) is 0 Å². The standard InChI is InChI=1S/C17H18O/c1-12-7-10-17(18)16-11-14(8-9-15(12)16)13-5-3-2-4-6-13/h2-6,8-9,11-12,17-18H,7,10H2,1H3/t12?,17-/m1/s1. The third-order valence-electron chi connectivity index (χ3n) is 3.96. The summed E-state index contributed by atoms with van der Waals surface area (Å²) in [5.41, 5.74) is 4.84. The number of aliphatic hydroxyl groups is 1. The molecule has 1 unspecified atom stereocenters. The zero-order valence-corrected chi connectivity index (χ0v) is 10.6. The quantitative estimate of drug-likeness (QED) is 0.786. The number of hydrogen-bond donors (Lipinski definition) is 1. The average Bonchev–Trinajstić information content (AvgIpc) is 2.44. The van der Waals surface area contributed by atoms with E-state index in [4.69, 9.17) is 0 Å². The Morgan fingerprint density at radius 1 is 0.889 bits per heavy atom. The van der Waals surface area contributed by atoms with Crippen LogP contribution in [0.25, 0.3) is 11.1 Å². The second-order valence-electron chi connectivity index (χ2n) is 5.20. The van der Waals surface area contributed by atoms with Crippen LogP contribution in [0.5, 0.6) is 0 Å². The van der Waals surface area contributed by atoms with Crippen molar-refractivity contribution in [1.29, 1.82) is 0 Å². The van der Waals surface area contributed by atoms with E-state index in [1.54, 1.807) is 0 Å². The van der Waals surface area contributed by atoms with Gasteiger partial charge in [0, 0.05) is 0 Å². The van der Waals surface area contributed by atoms with Crippen LogP contribution in [0.15, 0.2) is 48.5 Å². The van der Waals surface area contributed by atoms with E-state index in [1.807, 2.05) is 18.2 Å². The molecule has 0 spiro atoms. The van der Waals surface area contributed by atoms with Crippen LogP contribution in [0.2, 0.25) is 0 Å². The molecule has 0 fully saturated rings. The molecular weight excluding hydrogens is 220 g/mol. The van der Waals surface area contributed by atoms with Crippen LogP contribution in [-0.4, -0.2) is 5.11 Å². The Balaban J connectivity index is 2.08. The maximum atomic E-state index is 10.2. The third kappa shape index (κ3) is 1.95. The Kier molecular flexibility index (Phi) is 2.92. The summed E-state index contributed by atoms with van der Waals surface area (Å²) in [7, 11) is 0. The van der Waals surface area contributed by atoms with Gasteiger partial charge in [0.2, 0.25) is 0 Å². The number of hydrogen-bond acceptors (Lipinski definition) is 1. The Hall–Kier alpha value is -1.60. The fourth-order valence-corrected chi connectivity index (χ4v) is 2.84. The highest BCUT2D eigenvalue weighted by molar-refractivity contribution is 5.65. The van der Waals surface area contributed by atoms with Crippen molar-refractivity contribution in [1.82, 2.24) is 0 Å². The largest absolute Gasteiger partial charge is 0.388 e. The highest BCUT2D eigenvalue weighted by Gasteiger charge is 2.23. The molecule has 3 rings (SSSR count). The van der Waals surface area contributed by atoms with Gasteiger partial charge >= 0.3 is 0 Å². The summed E-state index contributed by atoms with van der Waals surface area (Å²) < 4.78 is 0. The fourth-order valence-electron chi connectivity index (χ4n) is 2.84. The molecule has 2 aromatic carbocycles. The van der Waals surface area contributed by atoms with Crippen molar-refractivity contribution >= 4 is 0 Å². The van der Waals surface area contributed by atoms with E-state index in [0.717, 1.165) is 18.4 Å². The molecule has 1 heteroatoms. The minimum absolute atomic E-state index is 0.292. The highest BCUT2D eigenvalue weighted by atomic mass is 16.3. The maximum absolute atomic E-state index is 10.2. The lowest BCUT2D eigenvalue weighted by Gasteiger charge is -2.27. The SMILES string of the molecule is CC1CC[C@@H](O)c2cc(-c3ccccc3)ccc21. The van der Waals surface area contributed by atoms with E-state index in [1.165, 1.54) is 16.7 Å². The van der Waals surface area contributed by atoms with E-state index in [2.05, 4.69) is 37.3 Å². The van der Waals surface area contributed by atoms with E-state index in [-0.39, 0.29) is 6.10 Å². The van der Waals surface area contributed by atoms with Gasteiger partial charge < -0.3 is 5.11 Å². The van der Waals surface area contributed by atoms with Gasteiger partial charge in [-0.15, -0.1) is 0 Å². The monoisotopic (exact) mass is 238 g/mol. The summed E-state index contributed by atoms with van der Waals surface area (Å²) in [5.74, 6) is 0.563. The molecule has 2 atom stereocenters. The summed E-state index contributed by atoms with van der Waals surface area (Å²) >= 11 is 0. The van der Waals surface area contributed by atoms with E-state index in [9.17, 15) is 5.11 Å². The third-order valence-corrected chi connectivity index (χ3v) is 3.96. The predicted octanol–water partition coefficient (Wildman–Crippen LogP) is 4.28. The van der Waals surface area contributed by atoms with Gasteiger partial charge in [-0.1, -0.05) is 49.4 Å². The molecule has 1 aliphatic rings. The van der Waals surface area contributed by atoms with E-state index >= 15 is 0 Å². The van der Waals surface area contributed by atoms with Gasteiger partial charge in [0.1, 0.15) is 0 Å². The summed E-state index contributed by atoms with van der Waals surface area (Å²) in [6.07, 6.45) is 1.67. The molecular formula is C17H18O. The van der Waals surface area contributed by atoms with Crippen LogP contribution in [-0.2, 0) is 0 Å². The molecule has 92 valence electrons. The Bertz CT molecular complexity index is 545. The van der Waals surface area contributed by atoms with Gasteiger partial charge in [-0.2, -0.15) is 0 Å². The Labute approximate surface area is 108 Å². The summed E-state index contributed by atoms with van der Waals surface area (Å²) in [6.45, 7) is 2.24. The zero-order chi connectivity index (χ0) is 12.5. The lowest BCUT2D eigenvalue weighted by Crippen LogP contribution is -2.12. The van der Waals surface area contributed by atoms with Gasteiger partial charge in [-0.25, -0.2) is 0 Å². The predicted molar refractivity (Wildman–Crippen MR) is 74.5 cm³/mol. The second kappa shape index (κ2) is 4.58. The van der Waals surface area contributed by atoms with Crippen molar-refractivity contribution < 1.29 is 5.11 Å². The molecule has 0 aromatic heterocycles. The highest BCUT2D eigenvalue weighted by Crippen LogP contribution is 2.38. The van der Waals surface area contributed by atoms with E-state index in [0.29, 0.717) is 5.92 Å². The van der Waals surface area contributed by atoms with Crippen LogP contribution < -0.4 is 0 Å². The minimum Gasteiger partial charge on any atom is -0.388 e. The van der Waals surface area contributed by atoms with Crippen molar-refractivity contribution in [2.24, 2.45) is 0 Å². The smallest absolute Gasteiger partial charge is 0.0793 e. The first-order valence-electron chi connectivity index (χ1n) is 6.63. The van der Waals surface area contributed by atoms with Gasteiger partial charge in [-0.3, -0.25) is 0 Å². The first kappa shape index (κ1) is 11.5. The summed E-state index contributed by atoms with van der Waals surface area (Å²) in [5, 5.41) is 10.2. The van der Waals surface area contributed by atoms with Gasteiger partial charge in [0.05, 0.1) is 6.10 Å². The van der Waals surface area contributed by atoms with Crippen LogP contribution in [0.4, 0.5) is 0 Å². The first-order chi connectivity index (χ1) is 8.75. The number of fused-ring (bicyclic) bond motifs is 1. The van der Waals surface area contributed by atoms with E-state index < -0.39 is 0 Å². The molecule has 1 aliphatic carbocycles. The average molecular weight is 238 g/mol. The molecule has 0 aliphatic heterocycles. The maximum Gasteiger partial charge on any atom is 0.0793 e. The molecule has 0 saturated carbocycles. The lowest BCUT2D eigenvalue weighted by molar-refractivity contribution is 0.152. The topological polar surface area (TPSA) is 20.2 Å². The van der Waals surface area contributed by atoms with Crippen molar-refractivity contribution in [3.8, 4) is 11.1 Å². The molecule has 2 aromatic rings.